The van der Waals surface area contributed by atoms with Gasteiger partial charge in [-0.3, -0.25) is 0 Å². The third-order valence-corrected chi connectivity index (χ3v) is 3.14. The third kappa shape index (κ3) is 1.71. The van der Waals surface area contributed by atoms with Crippen LogP contribution in [0.25, 0.3) is 0 Å². The van der Waals surface area contributed by atoms with Gasteiger partial charge in [-0.25, -0.2) is 0 Å². The van der Waals surface area contributed by atoms with Gasteiger partial charge in [0.25, 0.3) is 0 Å². The minimum Gasteiger partial charge on any atom is -0.363 e. The number of rotatable bonds is 1. The van der Waals surface area contributed by atoms with Crippen molar-refractivity contribution in [3.63, 3.8) is 0 Å². The average Bonchev–Trinajstić information content (AvgIpc) is 2.54. The first-order valence-electron chi connectivity index (χ1n) is 4.85. The largest absolute Gasteiger partial charge is 0.363 e. The van der Waals surface area contributed by atoms with Crippen molar-refractivity contribution in [2.75, 3.05) is 18.0 Å². The van der Waals surface area contributed by atoms with Gasteiger partial charge in [0, 0.05) is 17.6 Å². The van der Waals surface area contributed by atoms with Gasteiger partial charge >= 0.3 is 0 Å². The van der Waals surface area contributed by atoms with Crippen LogP contribution in [0.3, 0.4) is 0 Å². The molecule has 2 rings (SSSR count). The monoisotopic (exact) mass is 251 g/mol. The van der Waals surface area contributed by atoms with E-state index >= 15 is 0 Å². The van der Waals surface area contributed by atoms with Gasteiger partial charge < -0.3 is 4.90 Å². The molecule has 0 aliphatic carbocycles. The molecule has 0 bridgehead atoms. The lowest BCUT2D eigenvalue weighted by Gasteiger charge is -2.22. The Morgan fingerprint density at radius 2 is 1.79 bits per heavy atom. The minimum atomic E-state index is 1.03. The van der Waals surface area contributed by atoms with Gasteiger partial charge in [-0.1, -0.05) is 18.2 Å². The Morgan fingerprint density at radius 3 is 2.36 bits per heavy atom. The smallest absolute Gasteiger partial charge is 0.0546 e. The summed E-state index contributed by atoms with van der Waals surface area (Å²) < 4.78 is 1.21. The van der Waals surface area contributed by atoms with E-state index in [9.17, 15) is 0 Å². The van der Waals surface area contributed by atoms with Crippen LogP contribution in [0.1, 0.15) is 11.1 Å². The van der Waals surface area contributed by atoms with E-state index in [1.807, 2.05) is 0 Å². The van der Waals surface area contributed by atoms with Gasteiger partial charge in [-0.05, 0) is 47.0 Å². The Hall–Kier alpha value is -0.760. The molecule has 0 radical (unpaired) electrons. The predicted molar refractivity (Wildman–Crippen MR) is 65.0 cm³/mol. The summed E-state index contributed by atoms with van der Waals surface area (Å²) in [6, 6.07) is 4.42. The van der Waals surface area contributed by atoms with E-state index in [1.54, 1.807) is 0 Å². The summed E-state index contributed by atoms with van der Waals surface area (Å²) >= 11 is 3.64. The normalized spacial score (nSPS) is 15.2. The Morgan fingerprint density at radius 1 is 1.14 bits per heavy atom. The molecule has 0 saturated carbocycles. The maximum absolute atomic E-state index is 3.64. The second-order valence-corrected chi connectivity index (χ2v) is 4.64. The second kappa shape index (κ2) is 3.77. The van der Waals surface area contributed by atoms with Crippen molar-refractivity contribution < 1.29 is 0 Å². The number of nitrogens with zero attached hydrogens (tertiary/aromatic N) is 1. The van der Waals surface area contributed by atoms with Crippen molar-refractivity contribution in [2.45, 2.75) is 13.8 Å². The Balaban J connectivity index is 2.41. The molecular formula is C12H14BrN. The van der Waals surface area contributed by atoms with Crippen LogP contribution in [0, 0.1) is 13.8 Å². The molecule has 74 valence electrons. The average molecular weight is 252 g/mol. The molecule has 0 fully saturated rings. The summed E-state index contributed by atoms with van der Waals surface area (Å²) in [5, 5.41) is 0. The molecule has 1 aromatic rings. The molecule has 1 nitrogen and oxygen atoms in total. The molecule has 1 aliphatic rings. The zero-order valence-corrected chi connectivity index (χ0v) is 10.1. The number of halogens is 1. The van der Waals surface area contributed by atoms with Crippen LogP contribution >= 0.6 is 15.9 Å². The van der Waals surface area contributed by atoms with E-state index in [-0.39, 0.29) is 0 Å². The quantitative estimate of drug-likeness (QED) is 0.692. The zero-order chi connectivity index (χ0) is 10.1. The third-order valence-electron chi connectivity index (χ3n) is 2.53. The molecule has 0 atom stereocenters. The number of hydrogen-bond acceptors (Lipinski definition) is 1. The molecule has 14 heavy (non-hydrogen) atoms. The van der Waals surface area contributed by atoms with Crippen LogP contribution in [0.4, 0.5) is 5.69 Å². The highest BCUT2D eigenvalue weighted by molar-refractivity contribution is 9.10. The van der Waals surface area contributed by atoms with E-state index in [2.05, 4.69) is 59.0 Å². The number of benzene rings is 1. The van der Waals surface area contributed by atoms with Crippen molar-refractivity contribution in [2.24, 2.45) is 0 Å². The van der Waals surface area contributed by atoms with Crippen LogP contribution < -0.4 is 4.90 Å². The van der Waals surface area contributed by atoms with E-state index < -0.39 is 0 Å². The van der Waals surface area contributed by atoms with Crippen molar-refractivity contribution in [3.8, 4) is 0 Å². The summed E-state index contributed by atoms with van der Waals surface area (Å²) in [6.45, 7) is 6.36. The molecule has 0 saturated heterocycles. The van der Waals surface area contributed by atoms with Crippen LogP contribution in [-0.4, -0.2) is 13.1 Å². The van der Waals surface area contributed by atoms with Gasteiger partial charge in [-0.2, -0.15) is 0 Å². The van der Waals surface area contributed by atoms with E-state index in [0.29, 0.717) is 0 Å². The first kappa shape index (κ1) is 9.78. The van der Waals surface area contributed by atoms with Crippen LogP contribution in [0.15, 0.2) is 28.8 Å². The van der Waals surface area contributed by atoms with Crippen LogP contribution in [0.2, 0.25) is 0 Å². The highest BCUT2D eigenvalue weighted by Gasteiger charge is 2.13. The molecule has 0 spiro atoms. The van der Waals surface area contributed by atoms with E-state index in [4.69, 9.17) is 0 Å². The van der Waals surface area contributed by atoms with Gasteiger partial charge in [-0.15, -0.1) is 0 Å². The Kier molecular flexibility index (Phi) is 2.64. The minimum absolute atomic E-state index is 1.03. The first-order chi connectivity index (χ1) is 6.68. The van der Waals surface area contributed by atoms with Crippen molar-refractivity contribution >= 4 is 21.6 Å². The summed E-state index contributed by atoms with van der Waals surface area (Å²) in [4.78, 5) is 2.37. The summed E-state index contributed by atoms with van der Waals surface area (Å²) in [7, 11) is 0. The zero-order valence-electron chi connectivity index (χ0n) is 8.55. The lowest BCUT2D eigenvalue weighted by atomic mass is 10.1. The lowest BCUT2D eigenvalue weighted by molar-refractivity contribution is 0.991. The lowest BCUT2D eigenvalue weighted by Crippen LogP contribution is -2.20. The molecule has 0 amide bonds. The first-order valence-corrected chi connectivity index (χ1v) is 5.64. The molecule has 0 N–H and O–H groups in total. The standard InChI is InChI=1S/C12H14BrN/c1-9-7-10(2)12(11(13)8-9)14-5-3-4-6-14/h3-4,7-8H,5-6H2,1-2H3. The maximum atomic E-state index is 3.64. The highest BCUT2D eigenvalue weighted by Crippen LogP contribution is 2.32. The fourth-order valence-corrected chi connectivity index (χ4v) is 2.89. The molecule has 1 heterocycles. The van der Waals surface area contributed by atoms with E-state index in [0.717, 1.165) is 13.1 Å². The molecule has 0 unspecified atom stereocenters. The molecule has 0 aromatic heterocycles. The summed E-state index contributed by atoms with van der Waals surface area (Å²) in [5.74, 6) is 0. The number of aryl methyl sites for hydroxylation is 2. The van der Waals surface area contributed by atoms with Gasteiger partial charge in [0.1, 0.15) is 0 Å². The van der Waals surface area contributed by atoms with Crippen LogP contribution in [0.5, 0.6) is 0 Å². The molecule has 1 aliphatic heterocycles. The number of hydrogen-bond donors (Lipinski definition) is 0. The second-order valence-electron chi connectivity index (χ2n) is 3.79. The number of anilines is 1. The summed E-state index contributed by atoms with van der Waals surface area (Å²) in [6.07, 6.45) is 4.43. The van der Waals surface area contributed by atoms with Gasteiger partial charge in [0.2, 0.25) is 0 Å². The Bertz CT molecular complexity index is 351. The summed E-state index contributed by atoms with van der Waals surface area (Å²) in [5.41, 5.74) is 3.99. The predicted octanol–water partition coefficient (Wildman–Crippen LogP) is 3.44. The van der Waals surface area contributed by atoms with Gasteiger partial charge in [0.05, 0.1) is 5.69 Å². The Labute approximate surface area is 93.6 Å². The van der Waals surface area contributed by atoms with Crippen LogP contribution in [-0.2, 0) is 0 Å². The fraction of sp³-hybridized carbons (Fsp3) is 0.333. The van der Waals surface area contributed by atoms with Crippen molar-refractivity contribution in [1.82, 2.24) is 0 Å². The molecule has 2 heteroatoms. The SMILES string of the molecule is Cc1cc(C)c(N2CC=CC2)c(Br)c1. The molecule has 1 aromatic carbocycles. The topological polar surface area (TPSA) is 3.24 Å². The van der Waals surface area contributed by atoms with E-state index in [1.165, 1.54) is 21.3 Å². The van der Waals surface area contributed by atoms with Crippen molar-refractivity contribution in [1.29, 1.82) is 0 Å². The highest BCUT2D eigenvalue weighted by atomic mass is 79.9. The van der Waals surface area contributed by atoms with Gasteiger partial charge in [0.15, 0.2) is 0 Å². The molecular weight excluding hydrogens is 238 g/mol. The van der Waals surface area contributed by atoms with Crippen molar-refractivity contribution in [3.05, 3.63) is 39.9 Å². The maximum Gasteiger partial charge on any atom is 0.0546 e. The fourth-order valence-electron chi connectivity index (χ4n) is 1.97.